The zero-order chi connectivity index (χ0) is 47.3. The maximum atomic E-state index is 13.0. The first-order valence-corrected chi connectivity index (χ1v) is 26.7. The Morgan fingerprint density at radius 1 is 0.562 bits per heavy atom. The number of rotatable bonds is 41. The third-order valence-electron chi connectivity index (χ3n) is 11.9. The summed E-state index contributed by atoms with van der Waals surface area (Å²) in [5.41, 5.74) is 0. The summed E-state index contributed by atoms with van der Waals surface area (Å²) in [4.78, 5) is 23.5. The van der Waals surface area contributed by atoms with Gasteiger partial charge in [0.1, 0.15) is 36.6 Å². The topological polar surface area (TPSA) is 226 Å². The minimum atomic E-state index is -5.15. The van der Waals surface area contributed by atoms with E-state index in [9.17, 15) is 50.0 Å². The second-order valence-electron chi connectivity index (χ2n) is 17.8. The second kappa shape index (κ2) is 39.3. The number of amides is 1. The Kier molecular flexibility index (Phi) is 37.0. The quantitative estimate of drug-likeness (QED) is 0.0159. The molecule has 14 heteroatoms. The molecule has 0 radical (unpaired) electrons. The molecular weight excluding hydrogens is 838 g/mol. The molecule has 0 aromatic rings. The molecule has 0 heterocycles. The van der Waals surface area contributed by atoms with Crippen LogP contribution in [0.25, 0.3) is 0 Å². The number of unbranched alkanes of at least 4 members (excludes halogenated alkanes) is 22. The van der Waals surface area contributed by atoms with E-state index in [4.69, 9.17) is 9.05 Å². The predicted octanol–water partition coefficient (Wildman–Crippen LogP) is 9.09. The molecule has 9 N–H and O–H groups in total. The van der Waals surface area contributed by atoms with Gasteiger partial charge in [0.25, 0.3) is 0 Å². The van der Waals surface area contributed by atoms with Crippen LogP contribution in [0.1, 0.15) is 200 Å². The van der Waals surface area contributed by atoms with Crippen LogP contribution in [-0.4, -0.2) is 108 Å². The second-order valence-corrected chi connectivity index (χ2v) is 19.2. The largest absolute Gasteiger partial charge is 0.472 e. The Balaban J connectivity index is 2.49. The van der Waals surface area contributed by atoms with Crippen molar-refractivity contribution in [2.75, 3.05) is 6.61 Å². The molecule has 1 aliphatic carbocycles. The molecule has 13 nitrogen and oxygen atoms in total. The number of hydrogen-bond acceptors (Lipinski definition) is 11. The molecule has 0 spiro atoms. The van der Waals surface area contributed by atoms with Crippen molar-refractivity contribution in [1.29, 1.82) is 0 Å². The van der Waals surface area contributed by atoms with Crippen LogP contribution in [0, 0.1) is 0 Å². The number of aliphatic hydroxyl groups is 7. The van der Waals surface area contributed by atoms with Gasteiger partial charge in [-0.05, 0) is 64.2 Å². The van der Waals surface area contributed by atoms with Gasteiger partial charge in [-0.25, -0.2) is 4.57 Å². The van der Waals surface area contributed by atoms with Gasteiger partial charge in [0.2, 0.25) is 5.91 Å². The molecule has 374 valence electrons. The molecule has 1 aliphatic rings. The van der Waals surface area contributed by atoms with Gasteiger partial charge in [0, 0.05) is 0 Å². The summed E-state index contributed by atoms with van der Waals surface area (Å²) < 4.78 is 22.9. The number of phosphoric ester groups is 1. The van der Waals surface area contributed by atoms with Gasteiger partial charge < -0.3 is 46.0 Å². The third kappa shape index (κ3) is 30.5. The van der Waals surface area contributed by atoms with Crippen molar-refractivity contribution >= 4 is 13.7 Å². The maximum absolute atomic E-state index is 13.0. The number of hydrogen-bond donors (Lipinski definition) is 9. The highest BCUT2D eigenvalue weighted by Gasteiger charge is 2.51. The Morgan fingerprint density at radius 3 is 1.47 bits per heavy atom. The minimum absolute atomic E-state index is 0.263. The van der Waals surface area contributed by atoms with Crippen LogP contribution in [0.3, 0.4) is 0 Å². The van der Waals surface area contributed by atoms with Crippen molar-refractivity contribution in [3.63, 3.8) is 0 Å². The Bertz CT molecular complexity index is 1280. The first kappa shape index (κ1) is 60.3. The van der Waals surface area contributed by atoms with Gasteiger partial charge >= 0.3 is 7.82 Å². The smallest absolute Gasteiger partial charge is 0.393 e. The molecule has 64 heavy (non-hydrogen) atoms. The van der Waals surface area contributed by atoms with Crippen molar-refractivity contribution in [3.8, 4) is 0 Å². The van der Waals surface area contributed by atoms with Crippen LogP contribution >= 0.6 is 7.82 Å². The van der Waals surface area contributed by atoms with E-state index in [1.807, 2.05) is 0 Å². The fourth-order valence-corrected chi connectivity index (χ4v) is 8.72. The van der Waals surface area contributed by atoms with Crippen molar-refractivity contribution in [1.82, 2.24) is 5.32 Å². The molecule has 0 aliphatic heterocycles. The van der Waals surface area contributed by atoms with E-state index in [1.165, 1.54) is 102 Å². The first-order chi connectivity index (χ1) is 30.8. The van der Waals surface area contributed by atoms with Crippen LogP contribution in [-0.2, 0) is 18.4 Å². The van der Waals surface area contributed by atoms with Crippen LogP contribution in [0.5, 0.6) is 0 Å². The van der Waals surface area contributed by atoms with Crippen molar-refractivity contribution in [3.05, 3.63) is 48.6 Å². The van der Waals surface area contributed by atoms with Crippen molar-refractivity contribution in [2.24, 2.45) is 0 Å². The Labute approximate surface area is 387 Å². The van der Waals surface area contributed by atoms with Gasteiger partial charge in [-0.2, -0.15) is 0 Å². The average Bonchev–Trinajstić information content (AvgIpc) is 3.27. The first-order valence-electron chi connectivity index (χ1n) is 25.2. The molecule has 1 fully saturated rings. The summed E-state index contributed by atoms with van der Waals surface area (Å²) in [7, 11) is -5.15. The van der Waals surface area contributed by atoms with E-state index in [2.05, 4.69) is 55.6 Å². The van der Waals surface area contributed by atoms with Crippen LogP contribution < -0.4 is 5.32 Å². The molecule has 8 atom stereocenters. The van der Waals surface area contributed by atoms with E-state index < -0.39 is 75.2 Å². The standard InChI is InChI=1S/C50H92NO12P/c1-3-5-7-9-11-13-15-17-18-19-20-21-22-23-24-26-27-29-31-33-35-37-41(52)39-44(54)51-42(43(53)38-36-34-32-30-28-25-16-14-12-10-8-6-4-2)40-62-64(60,61)63-50-48(58)46(56)45(55)47(57)49(50)59/h20-21,23-24,28,30,36,38,41-43,45-50,52-53,55-59H,3-19,22,25-27,29,31-35,37,39-40H2,1-2H3,(H,51,54)(H,60,61)/b21-20-,24-23-,30-28+,38-36+. The number of nitrogens with one attached hydrogen (secondary N) is 1. The monoisotopic (exact) mass is 930 g/mol. The highest BCUT2D eigenvalue weighted by atomic mass is 31.2. The zero-order valence-corrected chi connectivity index (χ0v) is 40.6. The molecular formula is C50H92NO12P. The van der Waals surface area contributed by atoms with Gasteiger partial charge in [0.15, 0.2) is 0 Å². The Hall–Kier alpha value is -1.74. The molecule has 0 aromatic carbocycles. The van der Waals surface area contributed by atoms with Crippen LogP contribution in [0.2, 0.25) is 0 Å². The van der Waals surface area contributed by atoms with Crippen molar-refractivity contribution in [2.45, 2.75) is 255 Å². The summed E-state index contributed by atoms with van der Waals surface area (Å²) in [6, 6.07) is -1.26. The van der Waals surface area contributed by atoms with Gasteiger partial charge in [-0.15, -0.1) is 0 Å². The number of carbonyl (C=O) groups excluding carboxylic acids is 1. The Morgan fingerprint density at radius 2 is 0.969 bits per heavy atom. The lowest BCUT2D eigenvalue weighted by atomic mass is 9.85. The lowest BCUT2D eigenvalue weighted by molar-refractivity contribution is -0.220. The van der Waals surface area contributed by atoms with E-state index in [-0.39, 0.29) is 6.42 Å². The highest BCUT2D eigenvalue weighted by molar-refractivity contribution is 7.47. The zero-order valence-electron chi connectivity index (χ0n) is 39.7. The summed E-state index contributed by atoms with van der Waals surface area (Å²) in [5, 5.41) is 74.5. The van der Waals surface area contributed by atoms with Gasteiger partial charge in [0.05, 0.1) is 31.3 Å². The molecule has 1 rings (SSSR count). The number of carbonyl (C=O) groups is 1. The summed E-state index contributed by atoms with van der Waals surface area (Å²) in [5.74, 6) is -0.612. The summed E-state index contributed by atoms with van der Waals surface area (Å²) in [6.45, 7) is 3.71. The molecule has 0 aromatic heterocycles. The maximum Gasteiger partial charge on any atom is 0.472 e. The third-order valence-corrected chi connectivity index (χ3v) is 12.9. The van der Waals surface area contributed by atoms with E-state index in [0.29, 0.717) is 12.8 Å². The lowest BCUT2D eigenvalue weighted by Gasteiger charge is -2.41. The molecule has 1 saturated carbocycles. The molecule has 0 saturated heterocycles. The van der Waals surface area contributed by atoms with Crippen LogP contribution in [0.4, 0.5) is 0 Å². The molecule has 8 unspecified atom stereocenters. The number of aliphatic hydroxyl groups excluding tert-OH is 7. The fraction of sp³-hybridized carbons (Fsp3) is 0.820. The summed E-state index contributed by atoms with van der Waals surface area (Å²) in [6.07, 6.45) is 33.5. The number of allylic oxidation sites excluding steroid dienone is 7. The van der Waals surface area contributed by atoms with E-state index in [1.54, 1.807) is 6.08 Å². The molecule has 0 bridgehead atoms. The van der Waals surface area contributed by atoms with Gasteiger partial charge in [-0.1, -0.05) is 178 Å². The molecule has 1 amide bonds. The lowest BCUT2D eigenvalue weighted by Crippen LogP contribution is -2.64. The predicted molar refractivity (Wildman–Crippen MR) is 256 cm³/mol. The van der Waals surface area contributed by atoms with E-state index in [0.717, 1.165) is 70.6 Å². The van der Waals surface area contributed by atoms with Gasteiger partial charge in [-0.3, -0.25) is 13.8 Å². The number of phosphoric acid groups is 1. The average molecular weight is 930 g/mol. The minimum Gasteiger partial charge on any atom is -0.393 e. The fourth-order valence-electron chi connectivity index (χ4n) is 7.76. The van der Waals surface area contributed by atoms with E-state index >= 15 is 0 Å². The normalized spacial score (nSPS) is 23.1. The highest BCUT2D eigenvalue weighted by Crippen LogP contribution is 2.47. The van der Waals surface area contributed by atoms with Crippen LogP contribution in [0.15, 0.2) is 48.6 Å². The van der Waals surface area contributed by atoms with Crippen molar-refractivity contribution < 1.29 is 59.0 Å². The SMILES string of the molecule is CCCCCCCCC/C=C/CC/C=C/C(O)C(COP(=O)(O)OC1C(O)C(O)C(O)C(O)C1O)NC(=O)CC(O)CCCCCCC/C=C\C/C=C\CCCCCCCCCCC. The summed E-state index contributed by atoms with van der Waals surface area (Å²) >= 11 is 0.